The van der Waals surface area contributed by atoms with Crippen molar-refractivity contribution >= 4 is 11.9 Å². The van der Waals surface area contributed by atoms with Gasteiger partial charge in [-0.3, -0.25) is 14.5 Å². The summed E-state index contributed by atoms with van der Waals surface area (Å²) in [6.07, 6.45) is 4.26. The van der Waals surface area contributed by atoms with Crippen LogP contribution < -0.4 is 0 Å². The van der Waals surface area contributed by atoms with E-state index in [0.29, 0.717) is 6.04 Å². The molecule has 1 aliphatic rings. The third-order valence-electron chi connectivity index (χ3n) is 4.27. The Kier molecular flexibility index (Phi) is 5.35. The van der Waals surface area contributed by atoms with Crippen LogP contribution in [0.15, 0.2) is 0 Å². The largest absolute Gasteiger partial charge is 0.480 e. The van der Waals surface area contributed by atoms with E-state index in [1.54, 1.807) is 25.8 Å². The molecule has 1 fully saturated rings. The molecule has 1 atom stereocenters. The molecule has 0 aromatic carbocycles. The fourth-order valence-electron chi connectivity index (χ4n) is 2.41. The molecule has 19 heavy (non-hydrogen) atoms. The van der Waals surface area contributed by atoms with Crippen molar-refractivity contribution in [2.45, 2.75) is 58.0 Å². The molecule has 1 N–H and O–H groups in total. The van der Waals surface area contributed by atoms with E-state index in [-0.39, 0.29) is 12.5 Å². The van der Waals surface area contributed by atoms with Crippen molar-refractivity contribution in [3.05, 3.63) is 0 Å². The minimum atomic E-state index is -1.02. The summed E-state index contributed by atoms with van der Waals surface area (Å²) >= 11 is 0. The number of hydrogen-bond donors (Lipinski definition) is 1. The number of nitrogens with zero attached hydrogens (tertiary/aromatic N) is 2. The summed E-state index contributed by atoms with van der Waals surface area (Å²) in [7, 11) is 1.69. The van der Waals surface area contributed by atoms with Crippen LogP contribution in [0.25, 0.3) is 0 Å². The summed E-state index contributed by atoms with van der Waals surface area (Å²) < 4.78 is 0. The number of aliphatic carboxylic acids is 1. The van der Waals surface area contributed by atoms with Crippen molar-refractivity contribution in [1.82, 2.24) is 9.80 Å². The molecule has 1 unspecified atom stereocenters. The first-order chi connectivity index (χ1) is 8.80. The highest BCUT2D eigenvalue weighted by atomic mass is 16.4. The van der Waals surface area contributed by atoms with E-state index in [9.17, 15) is 9.59 Å². The minimum absolute atomic E-state index is 0.0448. The van der Waals surface area contributed by atoms with Gasteiger partial charge in [-0.25, -0.2) is 0 Å². The smallest absolute Gasteiger partial charge is 0.323 e. The number of carboxylic acids is 1. The predicted molar refractivity (Wildman–Crippen MR) is 74.0 cm³/mol. The molecule has 1 amide bonds. The molecule has 5 heteroatoms. The number of carbonyl (C=O) groups excluding carboxylic acids is 1. The SMILES string of the molecule is CCC1CCCCN1C(=O)CN(C)C(C)(C)C(=O)O. The Morgan fingerprint density at radius 3 is 2.53 bits per heavy atom. The van der Waals surface area contributed by atoms with Crippen molar-refractivity contribution in [1.29, 1.82) is 0 Å². The minimum Gasteiger partial charge on any atom is -0.480 e. The maximum atomic E-state index is 12.3. The Morgan fingerprint density at radius 1 is 1.37 bits per heavy atom. The second-order valence-corrected chi connectivity index (χ2v) is 5.87. The van der Waals surface area contributed by atoms with Gasteiger partial charge in [-0.05, 0) is 46.6 Å². The third kappa shape index (κ3) is 3.69. The lowest BCUT2D eigenvalue weighted by molar-refractivity contribution is -0.150. The Labute approximate surface area is 115 Å². The lowest BCUT2D eigenvalue weighted by Gasteiger charge is -2.38. The highest BCUT2D eigenvalue weighted by Crippen LogP contribution is 2.20. The monoisotopic (exact) mass is 270 g/mol. The maximum Gasteiger partial charge on any atom is 0.323 e. The Morgan fingerprint density at radius 2 is 2.00 bits per heavy atom. The first-order valence-electron chi connectivity index (χ1n) is 7.04. The topological polar surface area (TPSA) is 60.9 Å². The van der Waals surface area contributed by atoms with Crippen LogP contribution in [-0.2, 0) is 9.59 Å². The number of piperidine rings is 1. The van der Waals surface area contributed by atoms with Gasteiger partial charge >= 0.3 is 5.97 Å². The zero-order valence-electron chi connectivity index (χ0n) is 12.5. The number of amides is 1. The molecule has 0 radical (unpaired) electrons. The van der Waals surface area contributed by atoms with E-state index in [2.05, 4.69) is 6.92 Å². The van der Waals surface area contributed by atoms with Crippen LogP contribution in [0, 0.1) is 0 Å². The standard InChI is InChI=1S/C14H26N2O3/c1-5-11-8-6-7-9-16(11)12(17)10-15(4)14(2,3)13(18)19/h11H,5-10H2,1-4H3,(H,18,19). The van der Waals surface area contributed by atoms with Gasteiger partial charge in [0.05, 0.1) is 6.54 Å². The summed E-state index contributed by atoms with van der Waals surface area (Å²) in [5.41, 5.74) is -1.02. The molecule has 110 valence electrons. The Hall–Kier alpha value is -1.10. The fourth-order valence-corrected chi connectivity index (χ4v) is 2.41. The van der Waals surface area contributed by atoms with E-state index in [1.807, 2.05) is 4.90 Å². The number of carboxylic acid groups (broad SMARTS) is 1. The van der Waals surface area contributed by atoms with E-state index in [4.69, 9.17) is 5.11 Å². The second kappa shape index (κ2) is 6.37. The van der Waals surface area contributed by atoms with Crippen molar-refractivity contribution in [3.63, 3.8) is 0 Å². The maximum absolute atomic E-state index is 12.3. The molecule has 1 saturated heterocycles. The number of carbonyl (C=O) groups is 2. The van der Waals surface area contributed by atoms with Crippen LogP contribution in [0.1, 0.15) is 46.5 Å². The van der Waals surface area contributed by atoms with Gasteiger partial charge in [0.25, 0.3) is 0 Å². The quantitative estimate of drug-likeness (QED) is 0.824. The van der Waals surface area contributed by atoms with Gasteiger partial charge in [0.15, 0.2) is 0 Å². The Bertz CT molecular complexity index is 342. The summed E-state index contributed by atoms with van der Waals surface area (Å²) in [6, 6.07) is 0.322. The first-order valence-corrected chi connectivity index (χ1v) is 7.04. The van der Waals surface area contributed by atoms with Crippen LogP contribution in [-0.4, -0.2) is 58.5 Å². The number of hydrogen-bond acceptors (Lipinski definition) is 3. The van der Waals surface area contributed by atoms with Crippen molar-refractivity contribution in [3.8, 4) is 0 Å². The van der Waals surface area contributed by atoms with Gasteiger partial charge < -0.3 is 10.0 Å². The highest BCUT2D eigenvalue weighted by Gasteiger charge is 2.35. The van der Waals surface area contributed by atoms with Crippen molar-refractivity contribution < 1.29 is 14.7 Å². The van der Waals surface area contributed by atoms with E-state index >= 15 is 0 Å². The lowest BCUT2D eigenvalue weighted by Crippen LogP contribution is -2.54. The van der Waals surface area contributed by atoms with Gasteiger partial charge in [-0.1, -0.05) is 6.92 Å². The number of likely N-dealkylation sites (tertiary alicyclic amines) is 1. The van der Waals surface area contributed by atoms with E-state index < -0.39 is 11.5 Å². The molecule has 0 aliphatic carbocycles. The average Bonchev–Trinajstić information content (AvgIpc) is 2.38. The number of rotatable bonds is 5. The highest BCUT2D eigenvalue weighted by molar-refractivity contribution is 5.81. The summed E-state index contributed by atoms with van der Waals surface area (Å²) in [6.45, 7) is 6.31. The zero-order chi connectivity index (χ0) is 14.6. The van der Waals surface area contributed by atoms with Gasteiger partial charge in [0, 0.05) is 12.6 Å². The molecule has 0 spiro atoms. The van der Waals surface area contributed by atoms with Crippen LogP contribution in [0.2, 0.25) is 0 Å². The van der Waals surface area contributed by atoms with Crippen molar-refractivity contribution in [2.24, 2.45) is 0 Å². The average molecular weight is 270 g/mol. The molecule has 0 bridgehead atoms. The molecular weight excluding hydrogens is 244 g/mol. The molecule has 1 rings (SSSR count). The van der Waals surface area contributed by atoms with Crippen LogP contribution >= 0.6 is 0 Å². The van der Waals surface area contributed by atoms with Crippen molar-refractivity contribution in [2.75, 3.05) is 20.1 Å². The molecule has 0 saturated carbocycles. The van der Waals surface area contributed by atoms with E-state index in [0.717, 1.165) is 25.8 Å². The lowest BCUT2D eigenvalue weighted by atomic mass is 9.99. The molecule has 1 aliphatic heterocycles. The second-order valence-electron chi connectivity index (χ2n) is 5.87. The normalized spacial score (nSPS) is 20.7. The number of likely N-dealkylation sites (N-methyl/N-ethyl adjacent to an activating group) is 1. The zero-order valence-corrected chi connectivity index (χ0v) is 12.5. The summed E-state index contributed by atoms with van der Waals surface area (Å²) in [5.74, 6) is -0.864. The van der Waals surface area contributed by atoms with Crippen LogP contribution in [0.5, 0.6) is 0 Å². The van der Waals surface area contributed by atoms with Gasteiger partial charge in [-0.2, -0.15) is 0 Å². The molecule has 0 aromatic heterocycles. The first kappa shape index (κ1) is 16.0. The third-order valence-corrected chi connectivity index (χ3v) is 4.27. The molecule has 0 aromatic rings. The molecular formula is C14H26N2O3. The van der Waals surface area contributed by atoms with Crippen LogP contribution in [0.4, 0.5) is 0 Å². The van der Waals surface area contributed by atoms with E-state index in [1.165, 1.54) is 6.42 Å². The fraction of sp³-hybridized carbons (Fsp3) is 0.857. The van der Waals surface area contributed by atoms with Crippen LogP contribution in [0.3, 0.4) is 0 Å². The molecule has 5 nitrogen and oxygen atoms in total. The van der Waals surface area contributed by atoms with Gasteiger partial charge in [0.1, 0.15) is 5.54 Å². The molecule has 1 heterocycles. The van der Waals surface area contributed by atoms with Gasteiger partial charge in [-0.15, -0.1) is 0 Å². The predicted octanol–water partition coefficient (Wildman–Crippen LogP) is 1.57. The Balaban J connectivity index is 2.65. The summed E-state index contributed by atoms with van der Waals surface area (Å²) in [5, 5.41) is 9.17. The van der Waals surface area contributed by atoms with Gasteiger partial charge in [0.2, 0.25) is 5.91 Å². The summed E-state index contributed by atoms with van der Waals surface area (Å²) in [4.78, 5) is 27.1.